The first-order chi connectivity index (χ1) is 9.29. The second kappa shape index (κ2) is 4.87. The molecule has 3 N–H and O–H groups in total. The Bertz CT molecular complexity index is 650. The molecule has 0 fully saturated rings. The van der Waals surface area contributed by atoms with E-state index in [-0.39, 0.29) is 23.4 Å². The van der Waals surface area contributed by atoms with E-state index in [4.69, 9.17) is 10.8 Å². The molecule has 1 heterocycles. The maximum Gasteiger partial charge on any atom is 0.419 e. The molecule has 2 aromatic rings. The molecule has 0 unspecified atom stereocenters. The van der Waals surface area contributed by atoms with Crippen LogP contribution in [-0.2, 0) is 12.7 Å². The van der Waals surface area contributed by atoms with Crippen LogP contribution in [0.3, 0.4) is 0 Å². The summed E-state index contributed by atoms with van der Waals surface area (Å²) >= 11 is 0. The molecule has 2 rings (SSSR count). The molecule has 5 nitrogen and oxygen atoms in total. The standard InChI is InChI=1S/C12H10F3N3O2/c13-12(14,15)8-4-17-18(6-8)5-7-2-1-3-9(16)10(7)11(19)20/h1-4,6H,5,16H2,(H,19,20). The molecule has 0 atom stereocenters. The van der Waals surface area contributed by atoms with Crippen LogP contribution >= 0.6 is 0 Å². The highest BCUT2D eigenvalue weighted by molar-refractivity contribution is 5.95. The van der Waals surface area contributed by atoms with Crippen LogP contribution < -0.4 is 5.73 Å². The van der Waals surface area contributed by atoms with Gasteiger partial charge in [0.25, 0.3) is 0 Å². The number of carboxylic acids is 1. The summed E-state index contributed by atoms with van der Waals surface area (Å²) in [6.07, 6.45) is -2.98. The van der Waals surface area contributed by atoms with Crippen LogP contribution in [0.25, 0.3) is 0 Å². The van der Waals surface area contributed by atoms with Crippen LogP contribution in [0.5, 0.6) is 0 Å². The van der Waals surface area contributed by atoms with Gasteiger partial charge in [-0.3, -0.25) is 4.68 Å². The number of halogens is 3. The summed E-state index contributed by atoms with van der Waals surface area (Å²) in [6, 6.07) is 4.43. The number of nitrogens with zero attached hydrogens (tertiary/aromatic N) is 2. The number of aromatic nitrogens is 2. The van der Waals surface area contributed by atoms with Gasteiger partial charge in [-0.15, -0.1) is 0 Å². The monoisotopic (exact) mass is 285 g/mol. The van der Waals surface area contributed by atoms with E-state index in [0.717, 1.165) is 10.9 Å². The van der Waals surface area contributed by atoms with E-state index >= 15 is 0 Å². The number of rotatable bonds is 3. The third-order valence-corrected chi connectivity index (χ3v) is 2.69. The first-order valence-corrected chi connectivity index (χ1v) is 5.49. The summed E-state index contributed by atoms with van der Waals surface area (Å²) in [5.41, 5.74) is 4.88. The van der Waals surface area contributed by atoms with Crippen molar-refractivity contribution in [3.8, 4) is 0 Å². The van der Waals surface area contributed by atoms with E-state index in [1.165, 1.54) is 18.2 Å². The molecular formula is C12H10F3N3O2. The zero-order chi connectivity index (χ0) is 14.9. The summed E-state index contributed by atoms with van der Waals surface area (Å²) in [4.78, 5) is 11.1. The van der Waals surface area contributed by atoms with Crippen LogP contribution in [0, 0.1) is 0 Å². The number of benzene rings is 1. The summed E-state index contributed by atoms with van der Waals surface area (Å²) < 4.78 is 38.4. The van der Waals surface area contributed by atoms with Crippen molar-refractivity contribution < 1.29 is 23.1 Å². The van der Waals surface area contributed by atoms with Crippen molar-refractivity contribution in [3.05, 3.63) is 47.3 Å². The number of alkyl halides is 3. The Kier molecular flexibility index (Phi) is 3.39. The van der Waals surface area contributed by atoms with Crippen molar-refractivity contribution >= 4 is 11.7 Å². The lowest BCUT2D eigenvalue weighted by Crippen LogP contribution is -2.10. The lowest BCUT2D eigenvalue weighted by molar-refractivity contribution is -0.137. The SMILES string of the molecule is Nc1cccc(Cn2cc(C(F)(F)F)cn2)c1C(=O)O. The lowest BCUT2D eigenvalue weighted by Gasteiger charge is -2.08. The number of carboxylic acid groups (broad SMARTS) is 1. The van der Waals surface area contributed by atoms with E-state index in [0.29, 0.717) is 6.20 Å². The summed E-state index contributed by atoms with van der Waals surface area (Å²) in [7, 11) is 0. The number of nitrogen functional groups attached to an aromatic ring is 1. The maximum atomic E-state index is 12.4. The van der Waals surface area contributed by atoms with Crippen LogP contribution in [0.1, 0.15) is 21.5 Å². The Morgan fingerprint density at radius 1 is 1.40 bits per heavy atom. The maximum absolute atomic E-state index is 12.4. The van der Waals surface area contributed by atoms with Gasteiger partial charge < -0.3 is 10.8 Å². The average molecular weight is 285 g/mol. The molecule has 0 aliphatic carbocycles. The van der Waals surface area contributed by atoms with Crippen LogP contribution in [0.4, 0.5) is 18.9 Å². The Hall–Kier alpha value is -2.51. The van der Waals surface area contributed by atoms with Gasteiger partial charge in [-0.2, -0.15) is 18.3 Å². The number of hydrogen-bond donors (Lipinski definition) is 2. The molecule has 20 heavy (non-hydrogen) atoms. The summed E-state index contributed by atoms with van der Waals surface area (Å²) in [6.45, 7) is -0.108. The first kappa shape index (κ1) is 13.9. The predicted octanol–water partition coefficient (Wildman–Crippen LogP) is 2.23. The van der Waals surface area contributed by atoms with Crippen LogP contribution in [-0.4, -0.2) is 20.9 Å². The number of nitrogens with two attached hydrogens (primary N) is 1. The largest absolute Gasteiger partial charge is 0.478 e. The molecular weight excluding hydrogens is 275 g/mol. The molecule has 0 radical (unpaired) electrons. The van der Waals surface area contributed by atoms with E-state index in [1.54, 1.807) is 0 Å². The number of aromatic carboxylic acids is 1. The van der Waals surface area contributed by atoms with Gasteiger partial charge in [0, 0.05) is 11.9 Å². The molecule has 106 valence electrons. The quantitative estimate of drug-likeness (QED) is 0.847. The molecule has 0 saturated carbocycles. The molecule has 1 aromatic carbocycles. The van der Waals surface area contributed by atoms with Gasteiger partial charge in [0.2, 0.25) is 0 Å². The minimum Gasteiger partial charge on any atom is -0.478 e. The van der Waals surface area contributed by atoms with E-state index in [9.17, 15) is 18.0 Å². The highest BCUT2D eigenvalue weighted by atomic mass is 19.4. The van der Waals surface area contributed by atoms with Crippen molar-refractivity contribution in [2.24, 2.45) is 0 Å². The van der Waals surface area contributed by atoms with Crippen molar-refractivity contribution in [3.63, 3.8) is 0 Å². The Labute approximate surface area is 111 Å². The number of hydrogen-bond acceptors (Lipinski definition) is 3. The predicted molar refractivity (Wildman–Crippen MR) is 64.1 cm³/mol. The van der Waals surface area contributed by atoms with Crippen LogP contribution in [0.2, 0.25) is 0 Å². The third-order valence-electron chi connectivity index (χ3n) is 2.69. The fourth-order valence-corrected chi connectivity index (χ4v) is 1.78. The molecule has 1 aromatic heterocycles. The second-order valence-electron chi connectivity index (χ2n) is 4.11. The smallest absolute Gasteiger partial charge is 0.419 e. The van der Waals surface area contributed by atoms with Gasteiger partial charge in [0.05, 0.1) is 23.9 Å². The van der Waals surface area contributed by atoms with E-state index < -0.39 is 17.7 Å². The van der Waals surface area contributed by atoms with Gasteiger partial charge >= 0.3 is 12.1 Å². The molecule has 0 amide bonds. The molecule has 0 bridgehead atoms. The highest BCUT2D eigenvalue weighted by Gasteiger charge is 2.32. The molecule has 0 saturated heterocycles. The van der Waals surface area contributed by atoms with Crippen molar-refractivity contribution in [1.29, 1.82) is 0 Å². The zero-order valence-electron chi connectivity index (χ0n) is 10.1. The molecule has 0 aliphatic heterocycles. The first-order valence-electron chi connectivity index (χ1n) is 5.49. The normalized spacial score (nSPS) is 11.6. The summed E-state index contributed by atoms with van der Waals surface area (Å²) in [5, 5.41) is 12.6. The van der Waals surface area contributed by atoms with Gasteiger partial charge in [0.1, 0.15) is 0 Å². The number of carbonyl (C=O) groups is 1. The highest BCUT2D eigenvalue weighted by Crippen LogP contribution is 2.28. The Morgan fingerprint density at radius 3 is 2.65 bits per heavy atom. The molecule has 0 spiro atoms. The van der Waals surface area contributed by atoms with Crippen LogP contribution in [0.15, 0.2) is 30.6 Å². The second-order valence-corrected chi connectivity index (χ2v) is 4.11. The van der Waals surface area contributed by atoms with Crippen molar-refractivity contribution in [2.45, 2.75) is 12.7 Å². The molecule has 0 aliphatic rings. The Balaban J connectivity index is 2.34. The van der Waals surface area contributed by atoms with Gasteiger partial charge in [-0.1, -0.05) is 12.1 Å². The van der Waals surface area contributed by atoms with Crippen molar-refractivity contribution in [1.82, 2.24) is 9.78 Å². The van der Waals surface area contributed by atoms with E-state index in [2.05, 4.69) is 5.10 Å². The fourth-order valence-electron chi connectivity index (χ4n) is 1.78. The molecule has 8 heteroatoms. The minimum absolute atomic E-state index is 0.0539. The lowest BCUT2D eigenvalue weighted by atomic mass is 10.1. The minimum atomic E-state index is -4.48. The topological polar surface area (TPSA) is 81.1 Å². The number of anilines is 1. The van der Waals surface area contributed by atoms with Crippen molar-refractivity contribution in [2.75, 3.05) is 5.73 Å². The van der Waals surface area contributed by atoms with E-state index in [1.807, 2.05) is 0 Å². The fraction of sp³-hybridized carbons (Fsp3) is 0.167. The Morgan fingerprint density at radius 2 is 2.10 bits per heavy atom. The van der Waals surface area contributed by atoms with Gasteiger partial charge in [0.15, 0.2) is 0 Å². The van der Waals surface area contributed by atoms with Gasteiger partial charge in [-0.25, -0.2) is 4.79 Å². The summed E-state index contributed by atoms with van der Waals surface area (Å²) in [5.74, 6) is -1.23. The zero-order valence-corrected chi connectivity index (χ0v) is 10.1. The van der Waals surface area contributed by atoms with Gasteiger partial charge in [-0.05, 0) is 11.6 Å². The third kappa shape index (κ3) is 2.73. The average Bonchev–Trinajstić information content (AvgIpc) is 2.76.